The number of halogens is 1. The van der Waals surface area contributed by atoms with Gasteiger partial charge in [0, 0.05) is 31.4 Å². The number of nitrogens with zero attached hydrogens (tertiary/aromatic N) is 2. The zero-order chi connectivity index (χ0) is 13.7. The highest BCUT2D eigenvalue weighted by atomic mass is 35.5. The summed E-state index contributed by atoms with van der Waals surface area (Å²) in [5, 5.41) is 7.88. The molecule has 5 heteroatoms. The fourth-order valence-corrected chi connectivity index (χ4v) is 1.98. The zero-order valence-corrected chi connectivity index (χ0v) is 13.0. The van der Waals surface area contributed by atoms with Gasteiger partial charge in [0.25, 0.3) is 0 Å². The molecule has 20 heavy (non-hydrogen) atoms. The lowest BCUT2D eigenvalue weighted by Crippen LogP contribution is -2.12. The van der Waals surface area contributed by atoms with Crippen molar-refractivity contribution in [3.8, 4) is 5.75 Å². The maximum Gasteiger partial charge on any atom is 0.118 e. The fraction of sp³-hybridized carbons (Fsp3) is 0.400. The lowest BCUT2D eigenvalue weighted by Gasteiger charge is -2.05. The Morgan fingerprint density at radius 3 is 2.45 bits per heavy atom. The monoisotopic (exact) mass is 295 g/mol. The summed E-state index contributed by atoms with van der Waals surface area (Å²) >= 11 is 0. The number of ether oxygens (including phenoxy) is 1. The summed E-state index contributed by atoms with van der Waals surface area (Å²) in [6.07, 6.45) is 2.11. The molecule has 0 amide bonds. The predicted molar refractivity (Wildman–Crippen MR) is 83.4 cm³/mol. The van der Waals surface area contributed by atoms with E-state index in [0.717, 1.165) is 31.1 Å². The molecule has 0 aliphatic carbocycles. The van der Waals surface area contributed by atoms with E-state index in [4.69, 9.17) is 4.74 Å². The minimum absolute atomic E-state index is 0. The first kappa shape index (κ1) is 16.5. The Morgan fingerprint density at radius 1 is 1.20 bits per heavy atom. The van der Waals surface area contributed by atoms with Crippen molar-refractivity contribution < 1.29 is 4.74 Å². The van der Waals surface area contributed by atoms with E-state index in [1.165, 1.54) is 11.1 Å². The third kappa shape index (κ3) is 4.25. The van der Waals surface area contributed by atoms with E-state index in [0.29, 0.717) is 0 Å². The molecule has 1 N–H and O–H groups in total. The van der Waals surface area contributed by atoms with Crippen LogP contribution in [0.1, 0.15) is 23.7 Å². The van der Waals surface area contributed by atoms with E-state index in [9.17, 15) is 0 Å². The largest absolute Gasteiger partial charge is 0.497 e. The molecule has 1 aromatic carbocycles. The van der Waals surface area contributed by atoms with Crippen molar-refractivity contribution in [1.82, 2.24) is 15.1 Å². The van der Waals surface area contributed by atoms with E-state index >= 15 is 0 Å². The van der Waals surface area contributed by atoms with Gasteiger partial charge in [0.15, 0.2) is 0 Å². The molecule has 4 nitrogen and oxygen atoms in total. The first-order valence-corrected chi connectivity index (χ1v) is 6.59. The van der Waals surface area contributed by atoms with Gasteiger partial charge in [-0.15, -0.1) is 12.4 Å². The van der Waals surface area contributed by atoms with Crippen LogP contribution in [0, 0.1) is 6.92 Å². The van der Waals surface area contributed by atoms with E-state index in [1.54, 1.807) is 7.11 Å². The number of aromatic nitrogens is 2. The SMILES string of the molecule is CCn1cc(CNCc2ccc(OC)cc2)c(C)n1.Cl. The van der Waals surface area contributed by atoms with Crippen LogP contribution in [0.5, 0.6) is 5.75 Å². The van der Waals surface area contributed by atoms with Crippen LogP contribution < -0.4 is 10.1 Å². The Bertz CT molecular complexity index is 522. The van der Waals surface area contributed by atoms with Crippen LogP contribution in [0.2, 0.25) is 0 Å². The number of hydrogen-bond donors (Lipinski definition) is 1. The second-order valence-electron chi connectivity index (χ2n) is 4.55. The van der Waals surface area contributed by atoms with Crippen molar-refractivity contribution in [3.63, 3.8) is 0 Å². The van der Waals surface area contributed by atoms with E-state index in [-0.39, 0.29) is 12.4 Å². The molecule has 0 aliphatic rings. The Balaban J connectivity index is 0.00000200. The summed E-state index contributed by atoms with van der Waals surface area (Å²) < 4.78 is 7.11. The molecule has 2 rings (SSSR count). The highest BCUT2D eigenvalue weighted by Crippen LogP contribution is 2.11. The topological polar surface area (TPSA) is 39.1 Å². The van der Waals surface area contributed by atoms with Gasteiger partial charge >= 0.3 is 0 Å². The summed E-state index contributed by atoms with van der Waals surface area (Å²) in [6.45, 7) is 6.76. The van der Waals surface area contributed by atoms with Gasteiger partial charge < -0.3 is 10.1 Å². The van der Waals surface area contributed by atoms with E-state index in [2.05, 4.69) is 42.6 Å². The number of rotatable bonds is 6. The first-order chi connectivity index (χ1) is 9.22. The first-order valence-electron chi connectivity index (χ1n) is 6.59. The molecule has 0 fully saturated rings. The molecule has 1 heterocycles. The van der Waals surface area contributed by atoms with Gasteiger partial charge in [0.1, 0.15) is 5.75 Å². The van der Waals surface area contributed by atoms with Crippen LogP contribution in [-0.2, 0) is 19.6 Å². The molecule has 0 unspecified atom stereocenters. The maximum absolute atomic E-state index is 5.14. The van der Waals surface area contributed by atoms with Crippen molar-refractivity contribution in [2.45, 2.75) is 33.5 Å². The van der Waals surface area contributed by atoms with Crippen LogP contribution >= 0.6 is 12.4 Å². The molecule has 0 atom stereocenters. The van der Waals surface area contributed by atoms with Crippen LogP contribution in [0.3, 0.4) is 0 Å². The van der Waals surface area contributed by atoms with Crippen molar-refractivity contribution in [2.24, 2.45) is 0 Å². The third-order valence-electron chi connectivity index (χ3n) is 3.18. The molecule has 0 aliphatic heterocycles. The second-order valence-corrected chi connectivity index (χ2v) is 4.55. The van der Waals surface area contributed by atoms with Gasteiger partial charge in [-0.1, -0.05) is 12.1 Å². The molecular weight excluding hydrogens is 274 g/mol. The van der Waals surface area contributed by atoms with Gasteiger partial charge in [-0.05, 0) is 31.5 Å². The number of benzene rings is 1. The summed E-state index contributed by atoms with van der Waals surface area (Å²) in [5.74, 6) is 0.892. The average Bonchev–Trinajstić information content (AvgIpc) is 2.80. The van der Waals surface area contributed by atoms with Gasteiger partial charge in [-0.25, -0.2) is 0 Å². The number of hydrogen-bond acceptors (Lipinski definition) is 3. The van der Waals surface area contributed by atoms with Gasteiger partial charge in [-0.3, -0.25) is 4.68 Å². The number of methoxy groups -OCH3 is 1. The predicted octanol–water partition coefficient (Wildman–Crippen LogP) is 2.93. The van der Waals surface area contributed by atoms with Crippen molar-refractivity contribution in [2.75, 3.05) is 7.11 Å². The summed E-state index contributed by atoms with van der Waals surface area (Å²) in [6, 6.07) is 8.12. The highest BCUT2D eigenvalue weighted by molar-refractivity contribution is 5.85. The van der Waals surface area contributed by atoms with Crippen molar-refractivity contribution >= 4 is 12.4 Å². The molecule has 0 bridgehead atoms. The molecule has 0 radical (unpaired) electrons. The molecular formula is C15H22ClN3O. The molecule has 0 saturated carbocycles. The quantitative estimate of drug-likeness (QED) is 0.890. The van der Waals surface area contributed by atoms with E-state index in [1.807, 2.05) is 16.8 Å². The molecule has 1 aromatic heterocycles. The lowest BCUT2D eigenvalue weighted by molar-refractivity contribution is 0.414. The Kier molecular flexibility index (Phi) is 6.55. The maximum atomic E-state index is 5.14. The molecule has 2 aromatic rings. The van der Waals surface area contributed by atoms with Gasteiger partial charge in [0.2, 0.25) is 0 Å². The van der Waals surface area contributed by atoms with Crippen molar-refractivity contribution in [3.05, 3.63) is 47.3 Å². The standard InChI is InChI=1S/C15H21N3O.ClH/c1-4-18-11-14(12(2)17-18)10-16-9-13-5-7-15(19-3)8-6-13;/h5-8,11,16H,4,9-10H2,1-3H3;1H. The summed E-state index contributed by atoms with van der Waals surface area (Å²) in [7, 11) is 1.68. The Labute approximate surface area is 126 Å². The summed E-state index contributed by atoms with van der Waals surface area (Å²) in [4.78, 5) is 0. The van der Waals surface area contributed by atoms with Crippen LogP contribution in [-0.4, -0.2) is 16.9 Å². The summed E-state index contributed by atoms with van der Waals surface area (Å²) in [5.41, 5.74) is 3.61. The number of nitrogens with one attached hydrogen (secondary N) is 1. The molecule has 0 saturated heterocycles. The Morgan fingerprint density at radius 2 is 1.90 bits per heavy atom. The molecule has 110 valence electrons. The zero-order valence-electron chi connectivity index (χ0n) is 12.2. The number of aryl methyl sites for hydroxylation is 2. The smallest absolute Gasteiger partial charge is 0.118 e. The van der Waals surface area contributed by atoms with E-state index < -0.39 is 0 Å². The average molecular weight is 296 g/mol. The molecule has 0 spiro atoms. The van der Waals surface area contributed by atoms with Gasteiger partial charge in [0.05, 0.1) is 12.8 Å². The van der Waals surface area contributed by atoms with Crippen molar-refractivity contribution in [1.29, 1.82) is 0 Å². The Hall–Kier alpha value is -1.52. The third-order valence-corrected chi connectivity index (χ3v) is 3.18. The minimum atomic E-state index is 0. The second kappa shape index (κ2) is 7.92. The van der Waals surface area contributed by atoms with Crippen LogP contribution in [0.4, 0.5) is 0 Å². The van der Waals surface area contributed by atoms with Crippen LogP contribution in [0.25, 0.3) is 0 Å². The highest BCUT2D eigenvalue weighted by Gasteiger charge is 2.03. The fourth-order valence-electron chi connectivity index (χ4n) is 1.98. The lowest BCUT2D eigenvalue weighted by atomic mass is 10.2. The minimum Gasteiger partial charge on any atom is -0.497 e. The normalized spacial score (nSPS) is 10.2. The van der Waals surface area contributed by atoms with Gasteiger partial charge in [-0.2, -0.15) is 5.10 Å². The van der Waals surface area contributed by atoms with Crippen LogP contribution in [0.15, 0.2) is 30.5 Å².